The fourth-order valence-electron chi connectivity index (χ4n) is 2.76. The van der Waals surface area contributed by atoms with Gasteiger partial charge in [-0.1, -0.05) is 30.3 Å². The molecule has 0 heterocycles. The van der Waals surface area contributed by atoms with Gasteiger partial charge in [-0.2, -0.15) is 0 Å². The zero-order chi connectivity index (χ0) is 17.1. The number of carbonyl (C=O) groups excluding carboxylic acids is 1. The molecule has 0 aromatic heterocycles. The monoisotopic (exact) mass is 326 g/mol. The van der Waals surface area contributed by atoms with Crippen LogP contribution in [-0.4, -0.2) is 17.9 Å². The average molecular weight is 326 g/mol. The summed E-state index contributed by atoms with van der Waals surface area (Å²) in [5.41, 5.74) is 1.09. The first-order chi connectivity index (χ1) is 11.6. The molecule has 1 aliphatic carbocycles. The maximum Gasteiger partial charge on any atom is 0.311 e. The summed E-state index contributed by atoms with van der Waals surface area (Å²) in [6, 6.07) is 14.0. The maximum atomic E-state index is 12.6. The molecule has 6 heteroatoms. The van der Waals surface area contributed by atoms with Crippen LogP contribution in [0.3, 0.4) is 0 Å². The van der Waals surface area contributed by atoms with Gasteiger partial charge in [0.2, 0.25) is 0 Å². The van der Waals surface area contributed by atoms with E-state index in [0.717, 1.165) is 18.4 Å². The molecule has 0 bridgehead atoms. The van der Waals surface area contributed by atoms with Crippen molar-refractivity contribution < 1.29 is 14.5 Å². The Hall–Kier alpha value is -2.89. The van der Waals surface area contributed by atoms with Crippen molar-refractivity contribution in [3.63, 3.8) is 0 Å². The molecule has 1 aliphatic rings. The molecule has 1 saturated carbocycles. The quantitative estimate of drug-likeness (QED) is 0.651. The number of nitro benzene ring substituents is 1. The summed E-state index contributed by atoms with van der Waals surface area (Å²) in [6.45, 7) is 0. The molecular weight excluding hydrogens is 308 g/mol. The van der Waals surface area contributed by atoms with E-state index < -0.39 is 4.92 Å². The number of nitrogens with zero attached hydrogens (tertiary/aromatic N) is 1. The highest BCUT2D eigenvalue weighted by molar-refractivity contribution is 5.95. The van der Waals surface area contributed by atoms with Gasteiger partial charge in [-0.15, -0.1) is 0 Å². The van der Waals surface area contributed by atoms with Crippen molar-refractivity contribution in [1.82, 2.24) is 5.32 Å². The number of rotatable bonds is 6. The molecule has 2 aromatic carbocycles. The zero-order valence-corrected chi connectivity index (χ0v) is 13.3. The lowest BCUT2D eigenvalue weighted by Gasteiger charge is -2.19. The van der Waals surface area contributed by atoms with Gasteiger partial charge in [0, 0.05) is 11.6 Å². The van der Waals surface area contributed by atoms with Crippen LogP contribution in [0.25, 0.3) is 0 Å². The van der Waals surface area contributed by atoms with Crippen LogP contribution in [-0.2, 0) is 0 Å². The van der Waals surface area contributed by atoms with Crippen molar-refractivity contribution in [3.05, 3.63) is 69.8 Å². The summed E-state index contributed by atoms with van der Waals surface area (Å²) in [5, 5.41) is 14.1. The van der Waals surface area contributed by atoms with Crippen LogP contribution in [0.4, 0.5) is 5.69 Å². The molecule has 0 spiro atoms. The highest BCUT2D eigenvalue weighted by Gasteiger charge is 2.33. The number of methoxy groups -OCH3 is 1. The summed E-state index contributed by atoms with van der Waals surface area (Å²) in [7, 11) is 1.36. The van der Waals surface area contributed by atoms with Crippen LogP contribution in [0.2, 0.25) is 0 Å². The van der Waals surface area contributed by atoms with Crippen LogP contribution in [0.5, 0.6) is 5.75 Å². The summed E-state index contributed by atoms with van der Waals surface area (Å²) >= 11 is 0. The summed E-state index contributed by atoms with van der Waals surface area (Å²) in [6.07, 6.45) is 2.14. The lowest BCUT2D eigenvalue weighted by atomic mass is 10.0. The minimum absolute atomic E-state index is 0.0696. The van der Waals surface area contributed by atoms with E-state index in [1.807, 2.05) is 30.3 Å². The van der Waals surface area contributed by atoms with Gasteiger partial charge >= 0.3 is 5.69 Å². The molecule has 1 fully saturated rings. The Morgan fingerprint density at radius 1 is 1.25 bits per heavy atom. The first-order valence-corrected chi connectivity index (χ1v) is 7.78. The third-order valence-electron chi connectivity index (χ3n) is 4.18. The molecule has 6 nitrogen and oxygen atoms in total. The van der Waals surface area contributed by atoms with Crippen molar-refractivity contribution in [1.29, 1.82) is 0 Å². The molecule has 0 saturated heterocycles. The number of amides is 1. The fraction of sp³-hybridized carbons (Fsp3) is 0.278. The molecule has 1 atom stereocenters. The van der Waals surface area contributed by atoms with Gasteiger partial charge in [-0.05, 0) is 36.5 Å². The van der Waals surface area contributed by atoms with Crippen molar-refractivity contribution in [2.75, 3.05) is 7.11 Å². The lowest BCUT2D eigenvalue weighted by molar-refractivity contribution is -0.385. The Balaban J connectivity index is 1.83. The number of carbonyl (C=O) groups is 1. The number of ether oxygens (including phenoxy) is 1. The summed E-state index contributed by atoms with van der Waals surface area (Å²) in [4.78, 5) is 23.1. The predicted octanol–water partition coefficient (Wildman–Crippen LogP) is 3.48. The number of benzene rings is 2. The van der Waals surface area contributed by atoms with Crippen LogP contribution >= 0.6 is 0 Å². The SMILES string of the molecule is COc1ccc(C(=O)NC(c2ccccc2)C2CC2)cc1[N+](=O)[O-]. The third kappa shape index (κ3) is 3.37. The van der Waals surface area contributed by atoms with Gasteiger partial charge in [0.25, 0.3) is 5.91 Å². The van der Waals surface area contributed by atoms with Gasteiger partial charge < -0.3 is 10.1 Å². The molecule has 24 heavy (non-hydrogen) atoms. The summed E-state index contributed by atoms with van der Waals surface area (Å²) in [5.74, 6) is 0.240. The van der Waals surface area contributed by atoms with Crippen molar-refractivity contribution in [3.8, 4) is 5.75 Å². The van der Waals surface area contributed by atoms with E-state index in [4.69, 9.17) is 4.74 Å². The third-order valence-corrected chi connectivity index (χ3v) is 4.18. The first kappa shape index (κ1) is 16.0. The number of nitro groups is 1. The molecule has 124 valence electrons. The van der Waals surface area contributed by atoms with Crippen LogP contribution in [0.1, 0.15) is 34.8 Å². The number of hydrogen-bond acceptors (Lipinski definition) is 4. The van der Waals surface area contributed by atoms with E-state index in [1.54, 1.807) is 0 Å². The maximum absolute atomic E-state index is 12.6. The normalized spacial score (nSPS) is 14.7. The average Bonchev–Trinajstić information content (AvgIpc) is 3.44. The molecule has 3 rings (SSSR count). The van der Waals surface area contributed by atoms with E-state index in [0.29, 0.717) is 5.92 Å². The first-order valence-electron chi connectivity index (χ1n) is 7.78. The zero-order valence-electron chi connectivity index (χ0n) is 13.3. The molecule has 1 N–H and O–H groups in total. The van der Waals surface area contributed by atoms with Crippen molar-refractivity contribution >= 4 is 11.6 Å². The van der Waals surface area contributed by atoms with Gasteiger partial charge in [0.05, 0.1) is 18.1 Å². The van der Waals surface area contributed by atoms with E-state index in [9.17, 15) is 14.9 Å². The highest BCUT2D eigenvalue weighted by atomic mass is 16.6. The van der Waals surface area contributed by atoms with Crippen LogP contribution < -0.4 is 10.1 Å². The molecule has 0 aliphatic heterocycles. The fourth-order valence-corrected chi connectivity index (χ4v) is 2.76. The Labute approximate surface area is 139 Å². The van der Waals surface area contributed by atoms with E-state index in [-0.39, 0.29) is 28.9 Å². The molecule has 1 amide bonds. The predicted molar refractivity (Wildman–Crippen MR) is 89.0 cm³/mol. The van der Waals surface area contributed by atoms with E-state index >= 15 is 0 Å². The second-order valence-corrected chi connectivity index (χ2v) is 5.84. The minimum Gasteiger partial charge on any atom is -0.490 e. The lowest BCUT2D eigenvalue weighted by Crippen LogP contribution is -2.29. The van der Waals surface area contributed by atoms with Crippen molar-refractivity contribution in [2.24, 2.45) is 5.92 Å². The molecule has 0 radical (unpaired) electrons. The smallest absolute Gasteiger partial charge is 0.311 e. The Kier molecular flexibility index (Phi) is 4.46. The van der Waals surface area contributed by atoms with E-state index in [1.165, 1.54) is 25.3 Å². The van der Waals surface area contributed by atoms with Crippen LogP contribution in [0, 0.1) is 16.0 Å². The largest absolute Gasteiger partial charge is 0.490 e. The standard InChI is InChI=1S/C18H18N2O4/c1-24-16-10-9-14(11-15(16)20(22)23)18(21)19-17(13-7-8-13)12-5-3-2-4-6-12/h2-6,9-11,13,17H,7-8H2,1H3,(H,19,21). The highest BCUT2D eigenvalue weighted by Crippen LogP contribution is 2.41. The Bertz CT molecular complexity index is 757. The second kappa shape index (κ2) is 6.70. The molecular formula is C18H18N2O4. The Morgan fingerprint density at radius 3 is 2.54 bits per heavy atom. The number of hydrogen-bond donors (Lipinski definition) is 1. The Morgan fingerprint density at radius 2 is 1.96 bits per heavy atom. The summed E-state index contributed by atoms with van der Waals surface area (Å²) < 4.78 is 4.97. The minimum atomic E-state index is -0.550. The topological polar surface area (TPSA) is 81.5 Å². The van der Waals surface area contributed by atoms with Crippen LogP contribution in [0.15, 0.2) is 48.5 Å². The van der Waals surface area contributed by atoms with Crippen molar-refractivity contribution in [2.45, 2.75) is 18.9 Å². The van der Waals surface area contributed by atoms with E-state index in [2.05, 4.69) is 5.32 Å². The van der Waals surface area contributed by atoms with Gasteiger partial charge in [-0.25, -0.2) is 0 Å². The molecule has 2 aromatic rings. The van der Waals surface area contributed by atoms with Gasteiger partial charge in [-0.3, -0.25) is 14.9 Å². The second-order valence-electron chi connectivity index (χ2n) is 5.84. The molecule has 1 unspecified atom stereocenters. The van der Waals surface area contributed by atoms with Gasteiger partial charge in [0.1, 0.15) is 0 Å². The number of nitrogens with one attached hydrogen (secondary N) is 1. The van der Waals surface area contributed by atoms with Gasteiger partial charge in [0.15, 0.2) is 5.75 Å².